The van der Waals surface area contributed by atoms with E-state index in [1.165, 1.54) is 19.3 Å². The first kappa shape index (κ1) is 15.0. The molecule has 2 rings (SSSR count). The zero-order chi connectivity index (χ0) is 14.5. The summed E-state index contributed by atoms with van der Waals surface area (Å²) in [6, 6.07) is 4.01. The van der Waals surface area contributed by atoms with E-state index in [-0.39, 0.29) is 12.5 Å². The molecule has 0 unspecified atom stereocenters. The first-order valence-corrected chi connectivity index (χ1v) is 7.47. The van der Waals surface area contributed by atoms with Crippen molar-refractivity contribution >= 4 is 0 Å². The number of phenols is 1. The van der Waals surface area contributed by atoms with Gasteiger partial charge in [-0.1, -0.05) is 19.8 Å². The van der Waals surface area contributed by atoms with E-state index in [0.717, 1.165) is 24.4 Å². The van der Waals surface area contributed by atoms with E-state index in [0.29, 0.717) is 11.8 Å². The van der Waals surface area contributed by atoms with Crippen molar-refractivity contribution in [1.82, 2.24) is 4.90 Å². The second-order valence-corrected chi connectivity index (χ2v) is 5.61. The zero-order valence-corrected chi connectivity index (χ0v) is 12.7. The van der Waals surface area contributed by atoms with Crippen LogP contribution in [0.15, 0.2) is 12.1 Å². The summed E-state index contributed by atoms with van der Waals surface area (Å²) in [5.41, 5.74) is 0.902. The van der Waals surface area contributed by atoms with Crippen molar-refractivity contribution in [2.75, 3.05) is 13.3 Å². The predicted molar refractivity (Wildman–Crippen MR) is 79.3 cm³/mol. The molecular weight excluding hydrogens is 254 g/mol. The van der Waals surface area contributed by atoms with Crippen molar-refractivity contribution in [2.45, 2.75) is 52.6 Å². The predicted octanol–water partition coefficient (Wildman–Crippen LogP) is 3.52. The summed E-state index contributed by atoms with van der Waals surface area (Å²) in [4.78, 5) is 2.38. The van der Waals surface area contributed by atoms with Crippen LogP contribution in [0, 0.1) is 0 Å². The normalized spacial score (nSPS) is 13.4. The van der Waals surface area contributed by atoms with Crippen LogP contribution >= 0.6 is 0 Å². The van der Waals surface area contributed by atoms with Crippen LogP contribution < -0.4 is 9.47 Å². The maximum Gasteiger partial charge on any atom is 0.231 e. The van der Waals surface area contributed by atoms with Crippen molar-refractivity contribution in [2.24, 2.45) is 0 Å². The third kappa shape index (κ3) is 3.57. The van der Waals surface area contributed by atoms with E-state index >= 15 is 0 Å². The Balaban J connectivity index is 2.06. The lowest BCUT2D eigenvalue weighted by Gasteiger charge is -2.27. The molecule has 0 aliphatic carbocycles. The lowest BCUT2D eigenvalue weighted by atomic mass is 10.1. The largest absolute Gasteiger partial charge is 0.507 e. The van der Waals surface area contributed by atoms with Crippen LogP contribution in [0.25, 0.3) is 0 Å². The third-order valence-corrected chi connectivity index (χ3v) is 3.73. The van der Waals surface area contributed by atoms with Crippen LogP contribution in [-0.2, 0) is 6.54 Å². The summed E-state index contributed by atoms with van der Waals surface area (Å²) >= 11 is 0. The molecule has 0 atom stereocenters. The van der Waals surface area contributed by atoms with E-state index in [1.807, 2.05) is 6.07 Å². The third-order valence-electron chi connectivity index (χ3n) is 3.73. The molecular formula is C16H25NO3. The van der Waals surface area contributed by atoms with Crippen molar-refractivity contribution in [3.63, 3.8) is 0 Å². The molecule has 0 radical (unpaired) electrons. The standard InChI is InChI=1S/C16H25NO3/c1-4-5-6-7-17(12(2)3)10-13-8-15-16(9-14(13)18)20-11-19-15/h8-9,12,18H,4-7,10-11H2,1-3H3. The maximum atomic E-state index is 10.1. The Bertz CT molecular complexity index is 446. The summed E-state index contributed by atoms with van der Waals surface area (Å²) in [5.74, 6) is 1.65. The Hall–Kier alpha value is -1.42. The van der Waals surface area contributed by atoms with Crippen molar-refractivity contribution < 1.29 is 14.6 Å². The molecule has 20 heavy (non-hydrogen) atoms. The van der Waals surface area contributed by atoms with Crippen LogP contribution in [0.4, 0.5) is 0 Å². The van der Waals surface area contributed by atoms with Gasteiger partial charge in [-0.25, -0.2) is 0 Å². The molecule has 1 aliphatic heterocycles. The maximum absolute atomic E-state index is 10.1. The van der Waals surface area contributed by atoms with Crippen LogP contribution in [0.2, 0.25) is 0 Å². The highest BCUT2D eigenvalue weighted by molar-refractivity contribution is 5.51. The first-order valence-electron chi connectivity index (χ1n) is 7.47. The van der Waals surface area contributed by atoms with Gasteiger partial charge in [0.15, 0.2) is 11.5 Å². The monoisotopic (exact) mass is 279 g/mol. The molecule has 1 aromatic carbocycles. The number of rotatable bonds is 7. The van der Waals surface area contributed by atoms with E-state index in [2.05, 4.69) is 25.7 Å². The van der Waals surface area contributed by atoms with Gasteiger partial charge in [-0.15, -0.1) is 0 Å². The highest BCUT2D eigenvalue weighted by atomic mass is 16.7. The van der Waals surface area contributed by atoms with E-state index in [1.54, 1.807) is 6.07 Å². The van der Waals surface area contributed by atoms with Gasteiger partial charge in [0.2, 0.25) is 6.79 Å². The summed E-state index contributed by atoms with van der Waals surface area (Å²) in [7, 11) is 0. The second-order valence-electron chi connectivity index (χ2n) is 5.61. The minimum atomic E-state index is 0.239. The number of phenolic OH excluding ortho intramolecular Hbond substituents is 1. The van der Waals surface area contributed by atoms with Crippen LogP contribution in [0.5, 0.6) is 17.2 Å². The highest BCUT2D eigenvalue weighted by Crippen LogP contribution is 2.38. The molecule has 0 amide bonds. The highest BCUT2D eigenvalue weighted by Gasteiger charge is 2.19. The average Bonchev–Trinajstić information content (AvgIpc) is 2.84. The minimum absolute atomic E-state index is 0.239. The molecule has 1 heterocycles. The van der Waals surface area contributed by atoms with Gasteiger partial charge in [-0.2, -0.15) is 0 Å². The van der Waals surface area contributed by atoms with Crippen molar-refractivity contribution in [1.29, 1.82) is 0 Å². The quantitative estimate of drug-likeness (QED) is 0.775. The fraction of sp³-hybridized carbons (Fsp3) is 0.625. The van der Waals surface area contributed by atoms with Crippen molar-refractivity contribution in [3.05, 3.63) is 17.7 Å². The fourth-order valence-corrected chi connectivity index (χ4v) is 2.40. The molecule has 0 spiro atoms. The summed E-state index contributed by atoms with van der Waals surface area (Å²) in [6.45, 7) is 8.63. The molecule has 0 aromatic heterocycles. The number of ether oxygens (including phenoxy) is 2. The molecule has 0 saturated heterocycles. The number of unbranched alkanes of at least 4 members (excludes halogenated alkanes) is 2. The first-order chi connectivity index (χ1) is 9.61. The SMILES string of the molecule is CCCCCN(Cc1cc2c(cc1O)OCO2)C(C)C. The Kier molecular flexibility index (Phi) is 5.12. The summed E-state index contributed by atoms with van der Waals surface area (Å²) < 4.78 is 10.7. The van der Waals surface area contributed by atoms with Gasteiger partial charge >= 0.3 is 0 Å². The van der Waals surface area contributed by atoms with Gasteiger partial charge in [-0.3, -0.25) is 4.90 Å². The summed E-state index contributed by atoms with van der Waals surface area (Å²) in [6.07, 6.45) is 3.66. The Labute approximate surface area is 121 Å². The van der Waals surface area contributed by atoms with Gasteiger partial charge in [-0.05, 0) is 32.9 Å². The number of fused-ring (bicyclic) bond motifs is 1. The van der Waals surface area contributed by atoms with E-state index < -0.39 is 0 Å². The van der Waals surface area contributed by atoms with Gasteiger partial charge < -0.3 is 14.6 Å². The number of aromatic hydroxyl groups is 1. The van der Waals surface area contributed by atoms with Crippen LogP contribution in [-0.4, -0.2) is 29.4 Å². The molecule has 0 saturated carbocycles. The summed E-state index contributed by atoms with van der Waals surface area (Å²) in [5, 5.41) is 10.1. The second kappa shape index (κ2) is 6.84. The van der Waals surface area contributed by atoms with Gasteiger partial charge in [0.25, 0.3) is 0 Å². The Morgan fingerprint density at radius 2 is 1.90 bits per heavy atom. The molecule has 4 nitrogen and oxygen atoms in total. The molecule has 0 bridgehead atoms. The van der Waals surface area contributed by atoms with Crippen molar-refractivity contribution in [3.8, 4) is 17.2 Å². The lowest BCUT2D eigenvalue weighted by molar-refractivity contribution is 0.173. The minimum Gasteiger partial charge on any atom is -0.507 e. The molecule has 1 N–H and O–H groups in total. The molecule has 1 aliphatic rings. The fourth-order valence-electron chi connectivity index (χ4n) is 2.40. The van der Waals surface area contributed by atoms with Crippen LogP contribution in [0.3, 0.4) is 0 Å². The van der Waals surface area contributed by atoms with Crippen LogP contribution in [0.1, 0.15) is 45.6 Å². The molecule has 112 valence electrons. The Morgan fingerprint density at radius 3 is 2.55 bits per heavy atom. The number of hydrogen-bond donors (Lipinski definition) is 1. The van der Waals surface area contributed by atoms with Gasteiger partial charge in [0, 0.05) is 24.2 Å². The van der Waals surface area contributed by atoms with E-state index in [9.17, 15) is 5.11 Å². The molecule has 1 aromatic rings. The lowest BCUT2D eigenvalue weighted by Crippen LogP contribution is -2.31. The zero-order valence-electron chi connectivity index (χ0n) is 12.7. The van der Waals surface area contributed by atoms with Gasteiger partial charge in [0.1, 0.15) is 5.75 Å². The van der Waals surface area contributed by atoms with E-state index in [4.69, 9.17) is 9.47 Å². The Morgan fingerprint density at radius 1 is 1.20 bits per heavy atom. The number of nitrogens with zero attached hydrogens (tertiary/aromatic N) is 1. The molecule has 0 fully saturated rings. The molecule has 4 heteroatoms. The average molecular weight is 279 g/mol. The smallest absolute Gasteiger partial charge is 0.231 e. The number of benzene rings is 1. The number of hydrogen-bond acceptors (Lipinski definition) is 4. The topological polar surface area (TPSA) is 41.9 Å². The van der Waals surface area contributed by atoms with Gasteiger partial charge in [0.05, 0.1) is 0 Å².